The molecule has 1 heterocycles. The van der Waals surface area contributed by atoms with Gasteiger partial charge in [-0.25, -0.2) is 14.4 Å². The summed E-state index contributed by atoms with van der Waals surface area (Å²) in [6, 6.07) is 15.5. The molecule has 0 fully saturated rings. The van der Waals surface area contributed by atoms with Gasteiger partial charge in [-0.05, 0) is 42.2 Å². The maximum Gasteiger partial charge on any atom is 0.257 e. The van der Waals surface area contributed by atoms with Gasteiger partial charge in [0.15, 0.2) is 0 Å². The second-order valence-corrected chi connectivity index (χ2v) is 8.03. The molecule has 2 aromatic carbocycles. The molecule has 3 rings (SSSR count). The van der Waals surface area contributed by atoms with Crippen LogP contribution in [0.4, 0.5) is 10.3 Å². The maximum absolute atomic E-state index is 13.4. The molecule has 0 aliphatic heterocycles. The molecule has 6 nitrogen and oxygen atoms in total. The highest BCUT2D eigenvalue weighted by atomic mass is 19.1. The first kappa shape index (κ1) is 22.9. The van der Waals surface area contributed by atoms with Gasteiger partial charge in [0.05, 0.1) is 22.9 Å². The van der Waals surface area contributed by atoms with E-state index in [9.17, 15) is 9.18 Å². The third-order valence-electron chi connectivity index (χ3n) is 4.88. The molecule has 0 bridgehead atoms. The minimum absolute atomic E-state index is 0. The number of nitrogens with one attached hydrogen (secondary N) is 1. The maximum atomic E-state index is 13.4. The molecule has 0 saturated carbocycles. The summed E-state index contributed by atoms with van der Waals surface area (Å²) in [5, 5.41) is 12.2. The number of hydrogen-bond donors (Lipinski definition) is 1. The van der Waals surface area contributed by atoms with Gasteiger partial charge in [0.1, 0.15) is 5.82 Å². The second-order valence-electron chi connectivity index (χ2n) is 8.03. The first-order valence-electron chi connectivity index (χ1n) is 10.5. The van der Waals surface area contributed by atoms with Crippen LogP contribution in [0.1, 0.15) is 36.8 Å². The van der Waals surface area contributed by atoms with Crippen LogP contribution >= 0.6 is 0 Å². The summed E-state index contributed by atoms with van der Waals surface area (Å²) in [7, 11) is 1.76. The lowest BCUT2D eigenvalue weighted by Crippen LogP contribution is -2.31. The number of amides is 1. The zero-order valence-corrected chi connectivity index (χ0v) is 18.5. The van der Waals surface area contributed by atoms with Crippen molar-refractivity contribution in [1.29, 1.82) is 5.26 Å². The Labute approximate surface area is 189 Å². The highest BCUT2D eigenvalue weighted by Crippen LogP contribution is 2.24. The van der Waals surface area contributed by atoms with E-state index in [1.807, 2.05) is 19.9 Å². The van der Waals surface area contributed by atoms with Crippen molar-refractivity contribution >= 4 is 11.9 Å². The fourth-order valence-corrected chi connectivity index (χ4v) is 3.39. The predicted molar refractivity (Wildman–Crippen MR) is 125 cm³/mol. The van der Waals surface area contributed by atoms with E-state index in [-0.39, 0.29) is 13.2 Å². The molecule has 0 radical (unpaired) electrons. The number of benzene rings is 2. The van der Waals surface area contributed by atoms with Gasteiger partial charge in [-0.1, -0.05) is 38.1 Å². The van der Waals surface area contributed by atoms with Gasteiger partial charge in [0, 0.05) is 33.3 Å². The molecule has 1 N–H and O–H groups in total. The van der Waals surface area contributed by atoms with Crippen molar-refractivity contribution in [3.05, 3.63) is 77.2 Å². The molecule has 0 aliphatic carbocycles. The van der Waals surface area contributed by atoms with Crippen molar-refractivity contribution in [1.82, 2.24) is 14.9 Å². The number of aromatic nitrogens is 2. The van der Waals surface area contributed by atoms with Crippen molar-refractivity contribution in [3.8, 4) is 17.3 Å². The third kappa shape index (κ3) is 5.88. The van der Waals surface area contributed by atoms with Gasteiger partial charge < -0.3 is 10.2 Å². The molecule has 1 aromatic heterocycles. The van der Waals surface area contributed by atoms with E-state index in [2.05, 4.69) is 21.4 Å². The smallest absolute Gasteiger partial charge is 0.257 e. The Morgan fingerprint density at radius 1 is 1.25 bits per heavy atom. The van der Waals surface area contributed by atoms with Crippen LogP contribution in [0.3, 0.4) is 0 Å². The summed E-state index contributed by atoms with van der Waals surface area (Å²) in [6.07, 6.45) is 2.13. The average Bonchev–Trinajstić information content (AvgIpc) is 2.78. The van der Waals surface area contributed by atoms with Crippen molar-refractivity contribution in [2.75, 3.05) is 25.5 Å². The Bertz CT molecular complexity index is 1130. The Morgan fingerprint density at radius 2 is 2.00 bits per heavy atom. The minimum Gasteiger partial charge on any atom is -0.354 e. The van der Waals surface area contributed by atoms with Crippen molar-refractivity contribution in [2.24, 2.45) is 5.92 Å². The van der Waals surface area contributed by atoms with E-state index < -0.39 is 0 Å². The summed E-state index contributed by atoms with van der Waals surface area (Å²) in [5.74, 6) is 0.274. The first-order chi connectivity index (χ1) is 15.4. The van der Waals surface area contributed by atoms with Crippen LogP contribution in [0.25, 0.3) is 11.3 Å². The van der Waals surface area contributed by atoms with E-state index in [0.717, 1.165) is 11.1 Å². The quantitative estimate of drug-likeness (QED) is 0.553. The number of carbonyl (C=O) groups is 1. The summed E-state index contributed by atoms with van der Waals surface area (Å²) in [4.78, 5) is 23.7. The normalized spacial score (nSPS) is 10.6. The fraction of sp³-hybridized carbons (Fsp3) is 0.280. The van der Waals surface area contributed by atoms with Gasteiger partial charge in [-0.3, -0.25) is 4.79 Å². The molecule has 0 unspecified atom stereocenters. The standard InChI is InChI=1S/C25H26FN5O.H2/c1-17(2)16-31(3)24(32)22-15-29-25(28-12-11-18-5-4-6-21(26)13-18)30-23(22)20-9-7-19(14-27)8-10-20;/h4-10,13,15,17H,11-12,16H2,1-3H3,(H,28,29,30);1H. The molecule has 1 amide bonds. The van der Waals surface area contributed by atoms with E-state index >= 15 is 0 Å². The zero-order chi connectivity index (χ0) is 23.1. The van der Waals surface area contributed by atoms with Gasteiger partial charge in [-0.2, -0.15) is 5.26 Å². The molecule has 32 heavy (non-hydrogen) atoms. The summed E-state index contributed by atoms with van der Waals surface area (Å²) in [5.41, 5.74) is 3.01. The predicted octanol–water partition coefficient (Wildman–Crippen LogP) is 4.78. The molecule has 0 saturated heterocycles. The van der Waals surface area contributed by atoms with E-state index in [4.69, 9.17) is 5.26 Å². The van der Waals surface area contributed by atoms with Crippen LogP contribution in [0.5, 0.6) is 0 Å². The Morgan fingerprint density at radius 3 is 2.66 bits per heavy atom. The molecular formula is C25H28FN5O. The van der Waals surface area contributed by atoms with Crippen LogP contribution in [0, 0.1) is 23.1 Å². The number of anilines is 1. The van der Waals surface area contributed by atoms with E-state index in [0.29, 0.717) is 48.2 Å². The number of nitrogens with zero attached hydrogens (tertiary/aromatic N) is 4. The van der Waals surface area contributed by atoms with Crippen LogP contribution in [0.2, 0.25) is 0 Å². The Balaban J connectivity index is 0.00000385. The molecular weight excluding hydrogens is 405 g/mol. The molecule has 3 aromatic rings. The zero-order valence-electron chi connectivity index (χ0n) is 18.5. The Kier molecular flexibility index (Phi) is 7.50. The fourth-order valence-electron chi connectivity index (χ4n) is 3.39. The summed E-state index contributed by atoms with van der Waals surface area (Å²) in [6.45, 7) is 5.22. The largest absolute Gasteiger partial charge is 0.354 e. The minimum atomic E-state index is -0.268. The second kappa shape index (κ2) is 10.5. The summed E-state index contributed by atoms with van der Waals surface area (Å²) < 4.78 is 13.4. The van der Waals surface area contributed by atoms with Gasteiger partial charge in [0.2, 0.25) is 5.95 Å². The van der Waals surface area contributed by atoms with Crippen molar-refractivity contribution in [2.45, 2.75) is 20.3 Å². The number of carbonyl (C=O) groups excluding carboxylic acids is 1. The van der Waals surface area contributed by atoms with Crippen LogP contribution in [-0.2, 0) is 6.42 Å². The average molecular weight is 434 g/mol. The van der Waals surface area contributed by atoms with Crippen LogP contribution < -0.4 is 5.32 Å². The first-order valence-corrected chi connectivity index (χ1v) is 10.5. The highest BCUT2D eigenvalue weighted by Gasteiger charge is 2.20. The number of nitriles is 1. The molecule has 0 atom stereocenters. The molecule has 0 spiro atoms. The topological polar surface area (TPSA) is 81.9 Å². The lowest BCUT2D eigenvalue weighted by Gasteiger charge is -2.21. The molecule has 0 aliphatic rings. The van der Waals surface area contributed by atoms with Crippen LogP contribution in [0.15, 0.2) is 54.7 Å². The molecule has 7 heteroatoms. The SMILES string of the molecule is CC(C)CN(C)C(=O)c1cnc(NCCc2cccc(F)c2)nc1-c1ccc(C#N)cc1.[HH]. The van der Waals surface area contributed by atoms with E-state index in [1.54, 1.807) is 42.3 Å². The number of hydrogen-bond acceptors (Lipinski definition) is 5. The van der Waals surface area contributed by atoms with Crippen LogP contribution in [-0.4, -0.2) is 40.9 Å². The van der Waals surface area contributed by atoms with Gasteiger partial charge in [0.25, 0.3) is 5.91 Å². The third-order valence-corrected chi connectivity index (χ3v) is 4.88. The molecule has 166 valence electrons. The van der Waals surface area contributed by atoms with Gasteiger partial charge in [-0.15, -0.1) is 0 Å². The highest BCUT2D eigenvalue weighted by molar-refractivity contribution is 5.99. The van der Waals surface area contributed by atoms with E-state index in [1.165, 1.54) is 18.3 Å². The monoisotopic (exact) mass is 433 g/mol. The van der Waals surface area contributed by atoms with Gasteiger partial charge >= 0.3 is 0 Å². The van der Waals surface area contributed by atoms with Crippen molar-refractivity contribution < 1.29 is 10.6 Å². The number of halogens is 1. The number of rotatable bonds is 8. The van der Waals surface area contributed by atoms with Crippen molar-refractivity contribution in [3.63, 3.8) is 0 Å². The summed E-state index contributed by atoms with van der Waals surface area (Å²) >= 11 is 0. The lowest BCUT2D eigenvalue weighted by atomic mass is 10.0. The Hall–Kier alpha value is -3.79. The lowest BCUT2D eigenvalue weighted by molar-refractivity contribution is 0.0779.